The van der Waals surface area contributed by atoms with Gasteiger partial charge in [-0.1, -0.05) is 83.3 Å². The fraction of sp³-hybridized carbons (Fsp3) is 0.767. The summed E-state index contributed by atoms with van der Waals surface area (Å²) in [5, 5.41) is 0. The van der Waals surface area contributed by atoms with Crippen LogP contribution in [0.5, 0.6) is 5.75 Å². The number of quaternary nitrogens is 1. The van der Waals surface area contributed by atoms with Crippen LogP contribution in [0.3, 0.4) is 0 Å². The number of benzene rings is 1. The van der Waals surface area contributed by atoms with Gasteiger partial charge in [0.25, 0.3) is 0 Å². The summed E-state index contributed by atoms with van der Waals surface area (Å²) in [6.45, 7) is 5.12. The van der Waals surface area contributed by atoms with Crippen LogP contribution in [0.2, 0.25) is 0 Å². The Kier molecular flexibility index (Phi) is 19.7. The third-order valence-electron chi connectivity index (χ3n) is 6.28. The summed E-state index contributed by atoms with van der Waals surface area (Å²) in [5.41, 5.74) is 1.25. The van der Waals surface area contributed by atoms with Crippen molar-refractivity contribution >= 4 is 14.6 Å². The van der Waals surface area contributed by atoms with Crippen LogP contribution in [-0.2, 0) is 25.0 Å². The molecule has 1 rings (SSSR count). The van der Waals surface area contributed by atoms with E-state index in [4.69, 9.17) is 18.5 Å². The maximum Gasteiger partial charge on any atom is 0.329 e. The summed E-state index contributed by atoms with van der Waals surface area (Å²) in [7, 11) is 4.30. The monoisotopic (exact) mass is 556 g/mol. The molecule has 0 saturated carbocycles. The van der Waals surface area contributed by atoms with Gasteiger partial charge in [-0.3, -0.25) is 4.79 Å². The number of hydrogen-bond donors (Lipinski definition) is 1. The quantitative estimate of drug-likeness (QED) is 0.0628. The predicted molar refractivity (Wildman–Crippen MR) is 156 cm³/mol. The molecule has 1 N–H and O–H groups in total. The molecule has 0 heterocycles. The Balaban J connectivity index is 2.28. The number of nitrogens with zero attached hydrogens (tertiary/aromatic N) is 1. The molecule has 2 atom stereocenters. The largest absolute Gasteiger partial charge is 0.490 e. The molecule has 220 valence electrons. The van der Waals surface area contributed by atoms with Crippen LogP contribution in [0.1, 0.15) is 96.5 Å². The van der Waals surface area contributed by atoms with Crippen LogP contribution in [0.15, 0.2) is 24.3 Å². The summed E-state index contributed by atoms with van der Waals surface area (Å²) in [4.78, 5) is 21.5. The number of carbonyl (C=O) groups is 1. The topological polar surface area (TPSA) is 74.2 Å². The molecule has 0 aliphatic carbocycles. The van der Waals surface area contributed by atoms with Crippen molar-refractivity contribution in [1.29, 1.82) is 0 Å². The Morgan fingerprint density at radius 3 is 2.13 bits per heavy atom. The summed E-state index contributed by atoms with van der Waals surface area (Å²) in [5.74, 6) is 0.323. The number of carbonyl (C=O) groups excluding carboxylic acids is 1. The smallest absolute Gasteiger partial charge is 0.329 e. The third-order valence-corrected chi connectivity index (χ3v) is 7.06. The fourth-order valence-corrected chi connectivity index (χ4v) is 4.84. The van der Waals surface area contributed by atoms with Gasteiger partial charge >= 0.3 is 14.6 Å². The maximum absolute atomic E-state index is 11.5. The number of ether oxygens (including phenoxy) is 2. The molecule has 8 heteroatoms. The number of unbranched alkanes of at least 4 members (excludes halogenated alkanes) is 10. The van der Waals surface area contributed by atoms with E-state index in [1.165, 1.54) is 83.1 Å². The molecule has 0 spiro atoms. The minimum Gasteiger partial charge on any atom is -0.490 e. The minimum atomic E-state index is -2.03. The van der Waals surface area contributed by atoms with E-state index < -0.39 is 20.7 Å². The van der Waals surface area contributed by atoms with E-state index in [2.05, 4.69) is 40.2 Å². The Hall–Kier alpha value is -1.24. The average Bonchev–Trinajstić information content (AvgIpc) is 2.86. The van der Waals surface area contributed by atoms with Crippen molar-refractivity contribution in [2.75, 3.05) is 47.5 Å². The first kappa shape index (κ1) is 34.8. The predicted octanol–water partition coefficient (Wildman–Crippen LogP) is 7.20. The molecule has 0 aromatic heterocycles. The van der Waals surface area contributed by atoms with Gasteiger partial charge in [-0.05, 0) is 30.5 Å². The molecule has 0 aliphatic heterocycles. The second kappa shape index (κ2) is 21.6. The van der Waals surface area contributed by atoms with Crippen LogP contribution in [0.25, 0.3) is 0 Å². The molecule has 7 nitrogen and oxygen atoms in total. The number of aryl methyl sites for hydroxylation is 1. The van der Waals surface area contributed by atoms with Crippen LogP contribution >= 0.6 is 8.60 Å². The highest BCUT2D eigenvalue weighted by Gasteiger charge is 2.18. The first-order valence-electron chi connectivity index (χ1n) is 14.6. The molecule has 0 bridgehead atoms. The summed E-state index contributed by atoms with van der Waals surface area (Å²) in [6.07, 6.45) is 15.9. The normalized spacial score (nSPS) is 13.3. The van der Waals surface area contributed by atoms with E-state index in [0.29, 0.717) is 6.61 Å². The van der Waals surface area contributed by atoms with E-state index in [1.807, 2.05) is 12.1 Å². The number of esters is 1. The molecular weight excluding hydrogens is 501 g/mol. The second-order valence-corrected chi connectivity index (χ2v) is 12.2. The maximum atomic E-state index is 11.5. The van der Waals surface area contributed by atoms with Crippen LogP contribution in [-0.4, -0.2) is 69.0 Å². The van der Waals surface area contributed by atoms with Crippen molar-refractivity contribution in [2.24, 2.45) is 0 Å². The zero-order chi connectivity index (χ0) is 28.1. The molecule has 0 fully saturated rings. The van der Waals surface area contributed by atoms with Crippen LogP contribution in [0, 0.1) is 0 Å². The molecule has 1 aromatic carbocycles. The van der Waals surface area contributed by atoms with E-state index >= 15 is 0 Å². The SMILES string of the molecule is CCCCCCCCCCCCCc1cccc(OCC(COP(O)OCCC[N+](C)(C)C)OC(C)=O)c1. The van der Waals surface area contributed by atoms with Gasteiger partial charge < -0.3 is 27.9 Å². The molecular formula is C30H55NO6P+. The number of rotatable bonds is 24. The molecule has 0 amide bonds. The van der Waals surface area contributed by atoms with Gasteiger partial charge in [0.05, 0.1) is 40.9 Å². The fourth-order valence-electron chi connectivity index (χ4n) is 4.19. The van der Waals surface area contributed by atoms with Gasteiger partial charge in [-0.25, -0.2) is 0 Å². The summed E-state index contributed by atoms with van der Waals surface area (Å²) in [6, 6.07) is 8.09. The van der Waals surface area contributed by atoms with Crippen molar-refractivity contribution < 1.29 is 32.7 Å². The van der Waals surface area contributed by atoms with E-state index in [9.17, 15) is 9.69 Å². The van der Waals surface area contributed by atoms with Crippen molar-refractivity contribution in [2.45, 2.75) is 103 Å². The highest BCUT2D eigenvalue weighted by Crippen LogP contribution is 2.33. The van der Waals surface area contributed by atoms with Gasteiger partial charge in [0.15, 0.2) is 6.10 Å². The lowest BCUT2D eigenvalue weighted by Gasteiger charge is -2.24. The molecule has 0 aliphatic rings. The van der Waals surface area contributed by atoms with E-state index in [0.717, 1.165) is 29.6 Å². The van der Waals surface area contributed by atoms with Crippen LogP contribution in [0.4, 0.5) is 0 Å². The van der Waals surface area contributed by atoms with Crippen molar-refractivity contribution in [3.63, 3.8) is 0 Å². The highest BCUT2D eigenvalue weighted by molar-refractivity contribution is 7.40. The Bertz CT molecular complexity index is 727. The van der Waals surface area contributed by atoms with Gasteiger partial charge in [0, 0.05) is 13.3 Å². The molecule has 0 saturated heterocycles. The van der Waals surface area contributed by atoms with Crippen molar-refractivity contribution in [3.05, 3.63) is 29.8 Å². The second-order valence-electron chi connectivity index (χ2n) is 11.2. The zero-order valence-electron chi connectivity index (χ0n) is 24.8. The molecule has 2 unspecified atom stereocenters. The lowest BCUT2D eigenvalue weighted by Crippen LogP contribution is -2.35. The van der Waals surface area contributed by atoms with Gasteiger partial charge in [0.1, 0.15) is 12.4 Å². The van der Waals surface area contributed by atoms with Gasteiger partial charge in [-0.2, -0.15) is 0 Å². The molecule has 0 radical (unpaired) electrons. The Labute approximate surface area is 233 Å². The van der Waals surface area contributed by atoms with E-state index in [-0.39, 0.29) is 13.2 Å². The molecule has 1 aromatic rings. The Morgan fingerprint density at radius 2 is 1.53 bits per heavy atom. The average molecular weight is 557 g/mol. The molecule has 38 heavy (non-hydrogen) atoms. The number of hydrogen-bond acceptors (Lipinski definition) is 6. The van der Waals surface area contributed by atoms with Gasteiger partial charge in [0.2, 0.25) is 0 Å². The minimum absolute atomic E-state index is 0.00947. The van der Waals surface area contributed by atoms with E-state index in [1.54, 1.807) is 0 Å². The lowest BCUT2D eigenvalue weighted by atomic mass is 10.0. The summed E-state index contributed by atoms with van der Waals surface area (Å²) < 4.78 is 22.8. The zero-order valence-corrected chi connectivity index (χ0v) is 25.7. The Morgan fingerprint density at radius 1 is 0.895 bits per heavy atom. The first-order chi connectivity index (χ1) is 18.2. The summed E-state index contributed by atoms with van der Waals surface area (Å²) >= 11 is 0. The standard InChI is InChI=1S/C30H55NO6P/c1-6-7-8-9-10-11-12-13-14-15-16-19-28-20-17-21-29(24-28)34-25-30(37-27(2)32)26-36-38(33)35-23-18-22-31(3,4)5/h17,20-21,24,30,33H,6-16,18-19,22-23,25-26H2,1-5H3/q+1. The third kappa shape index (κ3) is 20.7. The first-order valence-corrected chi connectivity index (χ1v) is 15.8. The van der Waals surface area contributed by atoms with Crippen molar-refractivity contribution in [1.82, 2.24) is 0 Å². The highest BCUT2D eigenvalue weighted by atomic mass is 31.2. The lowest BCUT2D eigenvalue weighted by molar-refractivity contribution is -0.870. The van der Waals surface area contributed by atoms with Gasteiger partial charge in [-0.15, -0.1) is 0 Å². The van der Waals surface area contributed by atoms with Crippen molar-refractivity contribution in [3.8, 4) is 5.75 Å². The van der Waals surface area contributed by atoms with Crippen LogP contribution < -0.4 is 4.74 Å².